The standard InChI is InChI=1S/C25H22N4O3S/c1-16-3-2-4-17-5-8-19(13-21(16)17)28-25(30)23-14-22(23)18-6-9-20(10-7-18)33(31,32)29-24-15-26-11-12-27-24/h2-13,15,22-23H,14H2,1H3,(H,27,29)(H,28,30)/t22?,23-/m1/s1. The molecule has 1 aromatic heterocycles. The molecule has 1 heterocycles. The number of rotatable bonds is 6. The number of fused-ring (bicyclic) bond motifs is 1. The molecule has 166 valence electrons. The number of aromatic nitrogens is 2. The highest BCUT2D eigenvalue weighted by Crippen LogP contribution is 2.48. The van der Waals surface area contributed by atoms with E-state index >= 15 is 0 Å². The molecule has 8 heteroatoms. The van der Waals surface area contributed by atoms with Crippen molar-refractivity contribution in [2.45, 2.75) is 24.2 Å². The van der Waals surface area contributed by atoms with Crippen LogP contribution in [0.15, 0.2) is 84.1 Å². The Morgan fingerprint density at radius 2 is 1.85 bits per heavy atom. The SMILES string of the molecule is Cc1cccc2ccc(NC(=O)[C@@H]3CC3c3ccc(S(=O)(=O)Nc4cnccn4)cc3)cc12. The van der Waals surface area contributed by atoms with Gasteiger partial charge in [0.1, 0.15) is 0 Å². The number of sulfonamides is 1. The van der Waals surface area contributed by atoms with Gasteiger partial charge in [0.25, 0.3) is 10.0 Å². The van der Waals surface area contributed by atoms with E-state index in [4.69, 9.17) is 0 Å². The van der Waals surface area contributed by atoms with Gasteiger partial charge >= 0.3 is 0 Å². The monoisotopic (exact) mass is 458 g/mol. The minimum absolute atomic E-state index is 0.0195. The van der Waals surface area contributed by atoms with E-state index in [-0.39, 0.29) is 28.5 Å². The summed E-state index contributed by atoms with van der Waals surface area (Å²) in [5.74, 6) is 0.0907. The molecule has 1 aliphatic rings. The molecule has 2 N–H and O–H groups in total. The molecule has 0 saturated heterocycles. The second kappa shape index (κ2) is 8.29. The topological polar surface area (TPSA) is 101 Å². The summed E-state index contributed by atoms with van der Waals surface area (Å²) in [6, 6.07) is 18.7. The normalized spacial score (nSPS) is 17.5. The molecule has 3 aromatic carbocycles. The lowest BCUT2D eigenvalue weighted by atomic mass is 10.0. The van der Waals surface area contributed by atoms with Crippen LogP contribution < -0.4 is 10.0 Å². The van der Waals surface area contributed by atoms with Crippen molar-refractivity contribution in [2.75, 3.05) is 10.0 Å². The smallest absolute Gasteiger partial charge is 0.263 e. The van der Waals surface area contributed by atoms with Crippen LogP contribution >= 0.6 is 0 Å². The van der Waals surface area contributed by atoms with E-state index in [1.54, 1.807) is 24.3 Å². The molecule has 1 unspecified atom stereocenters. The van der Waals surface area contributed by atoms with Crippen molar-refractivity contribution in [3.63, 3.8) is 0 Å². The van der Waals surface area contributed by atoms with Gasteiger partial charge in [0, 0.05) is 24.0 Å². The second-order valence-corrected chi connectivity index (χ2v) is 9.90. The fourth-order valence-corrected chi connectivity index (χ4v) is 5.03. The van der Waals surface area contributed by atoms with Crippen LogP contribution in [0, 0.1) is 12.8 Å². The van der Waals surface area contributed by atoms with Crippen LogP contribution in [0.4, 0.5) is 11.5 Å². The first-order chi connectivity index (χ1) is 15.9. The maximum atomic E-state index is 12.8. The number of carbonyl (C=O) groups excluding carboxylic acids is 1. The summed E-state index contributed by atoms with van der Waals surface area (Å²) >= 11 is 0. The summed E-state index contributed by atoms with van der Waals surface area (Å²) in [5, 5.41) is 5.29. The minimum atomic E-state index is -3.76. The largest absolute Gasteiger partial charge is 0.326 e. The maximum absolute atomic E-state index is 12.8. The first kappa shape index (κ1) is 21.1. The molecule has 0 bridgehead atoms. The van der Waals surface area contributed by atoms with Gasteiger partial charge in [-0.3, -0.25) is 14.5 Å². The van der Waals surface area contributed by atoms with Gasteiger partial charge in [-0.2, -0.15) is 0 Å². The highest BCUT2D eigenvalue weighted by atomic mass is 32.2. The number of aryl methyl sites for hydroxylation is 1. The molecule has 1 aliphatic carbocycles. The predicted octanol–water partition coefficient (Wildman–Crippen LogP) is 4.48. The molecule has 1 amide bonds. The van der Waals surface area contributed by atoms with Gasteiger partial charge in [0.15, 0.2) is 5.82 Å². The average Bonchev–Trinajstić information content (AvgIpc) is 3.61. The van der Waals surface area contributed by atoms with E-state index in [1.165, 1.54) is 18.6 Å². The molecule has 1 fully saturated rings. The third-order valence-electron chi connectivity index (χ3n) is 5.92. The molecule has 0 spiro atoms. The van der Waals surface area contributed by atoms with Gasteiger partial charge < -0.3 is 5.32 Å². The number of carbonyl (C=O) groups is 1. The van der Waals surface area contributed by atoms with Gasteiger partial charge in [-0.25, -0.2) is 13.4 Å². The third-order valence-corrected chi connectivity index (χ3v) is 7.29. The summed E-state index contributed by atoms with van der Waals surface area (Å²) in [6.07, 6.45) is 4.96. The van der Waals surface area contributed by atoms with Crippen molar-refractivity contribution in [3.05, 3.63) is 90.4 Å². The second-order valence-electron chi connectivity index (χ2n) is 8.21. The van der Waals surface area contributed by atoms with E-state index in [9.17, 15) is 13.2 Å². The van der Waals surface area contributed by atoms with Crippen molar-refractivity contribution < 1.29 is 13.2 Å². The van der Waals surface area contributed by atoms with E-state index in [0.29, 0.717) is 0 Å². The lowest BCUT2D eigenvalue weighted by Gasteiger charge is -2.09. The molecule has 7 nitrogen and oxygen atoms in total. The molecule has 4 aromatic rings. The van der Waals surface area contributed by atoms with Crippen LogP contribution in [-0.2, 0) is 14.8 Å². The van der Waals surface area contributed by atoms with Gasteiger partial charge in [-0.05, 0) is 65.4 Å². The Balaban J connectivity index is 1.25. The Morgan fingerprint density at radius 1 is 1.03 bits per heavy atom. The Morgan fingerprint density at radius 3 is 2.61 bits per heavy atom. The van der Waals surface area contributed by atoms with Crippen molar-refractivity contribution in [2.24, 2.45) is 5.92 Å². The first-order valence-corrected chi connectivity index (χ1v) is 12.1. The molecule has 2 atom stereocenters. The number of amides is 1. The lowest BCUT2D eigenvalue weighted by molar-refractivity contribution is -0.117. The van der Waals surface area contributed by atoms with Crippen molar-refractivity contribution >= 4 is 38.2 Å². The molecule has 33 heavy (non-hydrogen) atoms. The Hall–Kier alpha value is -3.78. The van der Waals surface area contributed by atoms with Crippen LogP contribution in [0.3, 0.4) is 0 Å². The average molecular weight is 459 g/mol. The quantitative estimate of drug-likeness (QED) is 0.444. The predicted molar refractivity (Wildman–Crippen MR) is 127 cm³/mol. The molecule has 5 rings (SSSR count). The molecular formula is C25H22N4O3S. The Kier molecular flexibility index (Phi) is 5.30. The van der Waals surface area contributed by atoms with E-state index < -0.39 is 10.0 Å². The summed E-state index contributed by atoms with van der Waals surface area (Å²) in [4.78, 5) is 20.7. The summed E-state index contributed by atoms with van der Waals surface area (Å²) in [6.45, 7) is 2.05. The molecule has 0 radical (unpaired) electrons. The van der Waals surface area contributed by atoms with Gasteiger partial charge in [-0.15, -0.1) is 0 Å². The van der Waals surface area contributed by atoms with Gasteiger partial charge in [-0.1, -0.05) is 36.4 Å². The van der Waals surface area contributed by atoms with Crippen molar-refractivity contribution in [1.82, 2.24) is 9.97 Å². The van der Waals surface area contributed by atoms with Crippen LogP contribution in [0.2, 0.25) is 0 Å². The van der Waals surface area contributed by atoms with Gasteiger partial charge in [0.2, 0.25) is 5.91 Å². The van der Waals surface area contributed by atoms with Gasteiger partial charge in [0.05, 0.1) is 11.1 Å². The number of nitrogens with zero attached hydrogens (tertiary/aromatic N) is 2. The zero-order valence-electron chi connectivity index (χ0n) is 17.9. The van der Waals surface area contributed by atoms with Crippen LogP contribution in [-0.4, -0.2) is 24.3 Å². The van der Waals surface area contributed by atoms with E-state index in [0.717, 1.165) is 34.0 Å². The van der Waals surface area contributed by atoms with Crippen molar-refractivity contribution in [1.29, 1.82) is 0 Å². The highest BCUT2D eigenvalue weighted by Gasteiger charge is 2.44. The first-order valence-electron chi connectivity index (χ1n) is 10.6. The van der Waals surface area contributed by atoms with Crippen LogP contribution in [0.1, 0.15) is 23.5 Å². The Labute approximate surface area is 192 Å². The summed E-state index contributed by atoms with van der Waals surface area (Å²) < 4.78 is 27.5. The van der Waals surface area contributed by atoms with Crippen LogP contribution in [0.5, 0.6) is 0 Å². The van der Waals surface area contributed by atoms with Crippen LogP contribution in [0.25, 0.3) is 10.8 Å². The van der Waals surface area contributed by atoms with E-state index in [2.05, 4.69) is 39.1 Å². The third kappa shape index (κ3) is 4.42. The summed E-state index contributed by atoms with van der Waals surface area (Å²) in [5.41, 5.74) is 2.89. The number of hydrogen-bond acceptors (Lipinski definition) is 5. The van der Waals surface area contributed by atoms with E-state index in [1.807, 2.05) is 24.3 Å². The molecule has 0 aliphatic heterocycles. The number of nitrogens with one attached hydrogen (secondary N) is 2. The number of hydrogen-bond donors (Lipinski definition) is 2. The maximum Gasteiger partial charge on any atom is 0.263 e. The van der Waals surface area contributed by atoms with Crippen molar-refractivity contribution in [3.8, 4) is 0 Å². The molecular weight excluding hydrogens is 436 g/mol. The fourth-order valence-electron chi connectivity index (χ4n) is 4.04. The zero-order valence-corrected chi connectivity index (χ0v) is 18.7. The molecule has 1 saturated carbocycles. The lowest BCUT2D eigenvalue weighted by Crippen LogP contribution is -2.15. The minimum Gasteiger partial charge on any atom is -0.326 e. The fraction of sp³-hybridized carbons (Fsp3) is 0.160. The number of benzene rings is 3. The zero-order chi connectivity index (χ0) is 23.0. The number of anilines is 2. The Bertz CT molecular complexity index is 1440. The highest BCUT2D eigenvalue weighted by molar-refractivity contribution is 7.92. The summed E-state index contributed by atoms with van der Waals surface area (Å²) in [7, 11) is -3.76.